The van der Waals surface area contributed by atoms with Crippen molar-refractivity contribution in [3.05, 3.63) is 0 Å². The Kier molecular flexibility index (Phi) is 5.41. The molecule has 1 aliphatic carbocycles. The Morgan fingerprint density at radius 2 is 1.94 bits per heavy atom. The van der Waals surface area contributed by atoms with E-state index in [2.05, 4.69) is 12.2 Å². The fraction of sp³-hybridized carbons (Fsp3) is 1.00. The van der Waals surface area contributed by atoms with E-state index in [4.69, 9.17) is 4.74 Å². The molecule has 102 valence electrons. The fourth-order valence-electron chi connectivity index (χ4n) is 2.46. The molecule has 0 aromatic rings. The minimum absolute atomic E-state index is 0.548. The second-order valence-corrected chi connectivity index (χ2v) is 7.72. The molecule has 0 atom stereocenters. The minimum Gasteiger partial charge on any atom is -0.383 e. The second kappa shape index (κ2) is 6.16. The molecule has 0 unspecified atom stereocenters. The number of sulfone groups is 1. The summed E-state index contributed by atoms with van der Waals surface area (Å²) in [7, 11) is -1.35. The van der Waals surface area contributed by atoms with Crippen LogP contribution in [0.2, 0.25) is 0 Å². The van der Waals surface area contributed by atoms with E-state index < -0.39 is 14.6 Å². The van der Waals surface area contributed by atoms with Crippen LogP contribution >= 0.6 is 0 Å². The van der Waals surface area contributed by atoms with Crippen LogP contribution in [0.1, 0.15) is 32.6 Å². The largest absolute Gasteiger partial charge is 0.383 e. The number of hydrogen-bond donors (Lipinski definition) is 1. The van der Waals surface area contributed by atoms with Crippen molar-refractivity contribution in [2.75, 3.05) is 33.1 Å². The molecule has 0 radical (unpaired) electrons. The van der Waals surface area contributed by atoms with Crippen LogP contribution in [0.5, 0.6) is 0 Å². The van der Waals surface area contributed by atoms with Gasteiger partial charge in [0.1, 0.15) is 0 Å². The van der Waals surface area contributed by atoms with E-state index >= 15 is 0 Å². The predicted octanol–water partition coefficient (Wildman–Crippen LogP) is 1.22. The fourth-order valence-corrected chi connectivity index (χ4v) is 3.80. The van der Waals surface area contributed by atoms with E-state index in [0.29, 0.717) is 25.6 Å². The Balaban J connectivity index is 2.61. The zero-order valence-electron chi connectivity index (χ0n) is 11.2. The molecule has 1 N–H and O–H groups in total. The second-order valence-electron chi connectivity index (χ2n) is 5.31. The van der Waals surface area contributed by atoms with E-state index in [9.17, 15) is 8.42 Å². The Morgan fingerprint density at radius 3 is 2.41 bits per heavy atom. The SMILES string of the molecule is COCCNCC1(S(C)(=O)=O)CCC(C)CC1. The van der Waals surface area contributed by atoms with Crippen molar-refractivity contribution < 1.29 is 13.2 Å². The molecule has 0 bridgehead atoms. The maximum Gasteiger partial charge on any atom is 0.154 e. The topological polar surface area (TPSA) is 55.4 Å². The third-order valence-electron chi connectivity index (χ3n) is 3.90. The van der Waals surface area contributed by atoms with Gasteiger partial charge in [0.05, 0.1) is 11.4 Å². The lowest BCUT2D eigenvalue weighted by atomic mass is 9.82. The molecule has 1 saturated carbocycles. The molecule has 0 amide bonds. The summed E-state index contributed by atoms with van der Waals surface area (Å²) < 4.78 is 28.4. The van der Waals surface area contributed by atoms with Crippen LogP contribution in [-0.4, -0.2) is 46.2 Å². The zero-order chi connectivity index (χ0) is 12.9. The highest BCUT2D eigenvalue weighted by Gasteiger charge is 2.42. The molecule has 1 aliphatic rings. The van der Waals surface area contributed by atoms with Crippen LogP contribution in [0, 0.1) is 5.92 Å². The lowest BCUT2D eigenvalue weighted by Gasteiger charge is -2.38. The molecule has 0 aliphatic heterocycles. The Bertz CT molecular complexity index is 319. The first-order valence-electron chi connectivity index (χ1n) is 6.30. The van der Waals surface area contributed by atoms with Crippen molar-refractivity contribution in [2.24, 2.45) is 5.92 Å². The molecule has 0 aromatic heterocycles. The monoisotopic (exact) mass is 263 g/mol. The highest BCUT2D eigenvalue weighted by molar-refractivity contribution is 7.92. The van der Waals surface area contributed by atoms with E-state index in [0.717, 1.165) is 25.7 Å². The Labute approximate surface area is 105 Å². The maximum atomic E-state index is 12.0. The number of hydrogen-bond acceptors (Lipinski definition) is 4. The average Bonchev–Trinajstić information content (AvgIpc) is 2.25. The van der Waals surface area contributed by atoms with Crippen molar-refractivity contribution in [1.82, 2.24) is 5.32 Å². The van der Waals surface area contributed by atoms with Crippen LogP contribution < -0.4 is 5.32 Å². The summed E-state index contributed by atoms with van der Waals surface area (Å²) in [5.41, 5.74) is 0. The molecular weight excluding hydrogens is 238 g/mol. The standard InChI is InChI=1S/C12H25NO3S/c1-11-4-6-12(7-5-11,17(3,14)15)10-13-8-9-16-2/h11,13H,4-10H2,1-3H3. The van der Waals surface area contributed by atoms with E-state index in [1.807, 2.05) is 0 Å². The van der Waals surface area contributed by atoms with Crippen LogP contribution in [0.4, 0.5) is 0 Å². The smallest absolute Gasteiger partial charge is 0.154 e. The first-order valence-corrected chi connectivity index (χ1v) is 8.20. The summed E-state index contributed by atoms with van der Waals surface area (Å²) in [6.45, 7) is 4.09. The lowest BCUT2D eigenvalue weighted by Crippen LogP contribution is -2.49. The normalized spacial score (nSPS) is 30.4. The lowest BCUT2D eigenvalue weighted by molar-refractivity contribution is 0.196. The van der Waals surface area contributed by atoms with Gasteiger partial charge in [-0.25, -0.2) is 8.42 Å². The summed E-state index contributed by atoms with van der Waals surface area (Å²) in [6, 6.07) is 0. The van der Waals surface area contributed by atoms with Gasteiger partial charge in [0, 0.05) is 26.5 Å². The van der Waals surface area contributed by atoms with E-state index in [1.165, 1.54) is 6.26 Å². The molecule has 0 spiro atoms. The molecule has 0 aromatic carbocycles. The zero-order valence-corrected chi connectivity index (χ0v) is 12.0. The number of rotatable bonds is 6. The summed E-state index contributed by atoms with van der Waals surface area (Å²) in [5, 5.41) is 3.21. The van der Waals surface area contributed by atoms with Gasteiger partial charge in [0.2, 0.25) is 0 Å². The van der Waals surface area contributed by atoms with Crippen LogP contribution in [0.3, 0.4) is 0 Å². The van der Waals surface area contributed by atoms with Crippen molar-refractivity contribution in [3.8, 4) is 0 Å². The third-order valence-corrected chi connectivity index (χ3v) is 6.03. The summed E-state index contributed by atoms with van der Waals surface area (Å²) in [6.07, 6.45) is 4.97. The molecule has 4 nitrogen and oxygen atoms in total. The molecular formula is C12H25NO3S. The van der Waals surface area contributed by atoms with Gasteiger partial charge in [0.25, 0.3) is 0 Å². The van der Waals surface area contributed by atoms with Gasteiger partial charge >= 0.3 is 0 Å². The van der Waals surface area contributed by atoms with Gasteiger partial charge < -0.3 is 10.1 Å². The first-order chi connectivity index (χ1) is 7.91. The quantitative estimate of drug-likeness (QED) is 0.732. The summed E-state index contributed by atoms with van der Waals surface area (Å²) in [5.74, 6) is 0.656. The molecule has 0 heterocycles. The molecule has 5 heteroatoms. The van der Waals surface area contributed by atoms with Gasteiger partial charge in [-0.1, -0.05) is 6.92 Å². The van der Waals surface area contributed by atoms with Gasteiger partial charge in [0.15, 0.2) is 9.84 Å². The van der Waals surface area contributed by atoms with Gasteiger partial charge in [-0.15, -0.1) is 0 Å². The van der Waals surface area contributed by atoms with E-state index in [-0.39, 0.29) is 0 Å². The average molecular weight is 263 g/mol. The van der Waals surface area contributed by atoms with Crippen molar-refractivity contribution in [2.45, 2.75) is 37.4 Å². The Hall–Kier alpha value is -0.130. The van der Waals surface area contributed by atoms with Gasteiger partial charge in [-0.3, -0.25) is 0 Å². The van der Waals surface area contributed by atoms with Crippen LogP contribution in [0.15, 0.2) is 0 Å². The Morgan fingerprint density at radius 1 is 1.35 bits per heavy atom. The highest BCUT2D eigenvalue weighted by Crippen LogP contribution is 2.36. The third kappa shape index (κ3) is 3.93. The molecule has 1 rings (SSSR count). The molecule has 17 heavy (non-hydrogen) atoms. The summed E-state index contributed by atoms with van der Waals surface area (Å²) in [4.78, 5) is 0. The molecule has 1 fully saturated rings. The minimum atomic E-state index is -3.00. The summed E-state index contributed by atoms with van der Waals surface area (Å²) >= 11 is 0. The van der Waals surface area contributed by atoms with Crippen molar-refractivity contribution in [3.63, 3.8) is 0 Å². The van der Waals surface area contributed by atoms with Gasteiger partial charge in [-0.2, -0.15) is 0 Å². The van der Waals surface area contributed by atoms with E-state index in [1.54, 1.807) is 7.11 Å². The van der Waals surface area contributed by atoms with Crippen LogP contribution in [0.25, 0.3) is 0 Å². The first kappa shape index (κ1) is 14.9. The van der Waals surface area contributed by atoms with Crippen LogP contribution in [-0.2, 0) is 14.6 Å². The predicted molar refractivity (Wildman–Crippen MR) is 70.0 cm³/mol. The number of nitrogens with one attached hydrogen (secondary N) is 1. The van der Waals surface area contributed by atoms with Crippen molar-refractivity contribution >= 4 is 9.84 Å². The number of methoxy groups -OCH3 is 1. The highest BCUT2D eigenvalue weighted by atomic mass is 32.2. The number of ether oxygens (including phenoxy) is 1. The van der Waals surface area contributed by atoms with Crippen molar-refractivity contribution in [1.29, 1.82) is 0 Å². The maximum absolute atomic E-state index is 12.0. The van der Waals surface area contributed by atoms with Gasteiger partial charge in [-0.05, 0) is 31.6 Å². The molecule has 0 saturated heterocycles.